The fourth-order valence-electron chi connectivity index (χ4n) is 2.25. The Morgan fingerprint density at radius 2 is 1.80 bits per heavy atom. The lowest BCUT2D eigenvalue weighted by molar-refractivity contribution is -0.140. The zero-order valence-electron chi connectivity index (χ0n) is 10.9. The lowest BCUT2D eigenvalue weighted by Crippen LogP contribution is -2.18. The smallest absolute Gasteiger partial charge is 0.333 e. The Labute approximate surface area is 114 Å². The minimum absolute atomic E-state index is 0.239. The van der Waals surface area contributed by atoms with Crippen molar-refractivity contribution in [3.63, 3.8) is 0 Å². The highest BCUT2D eigenvalue weighted by atomic mass is 19.4. The molecule has 1 aliphatic rings. The van der Waals surface area contributed by atoms with Gasteiger partial charge in [-0.25, -0.2) is 4.98 Å². The SMILES string of the molecule is Cn1cc(C(F)(F)F)nc1-c1ccc(C2(N)CC2)cc1. The zero-order valence-corrected chi connectivity index (χ0v) is 10.9. The molecule has 1 fully saturated rings. The highest BCUT2D eigenvalue weighted by Gasteiger charge is 2.40. The summed E-state index contributed by atoms with van der Waals surface area (Å²) in [5.41, 5.74) is 6.63. The fraction of sp³-hybridized carbons (Fsp3) is 0.357. The maximum absolute atomic E-state index is 12.6. The van der Waals surface area contributed by atoms with Gasteiger partial charge in [0.05, 0.1) is 0 Å². The first-order valence-electron chi connectivity index (χ1n) is 6.30. The molecule has 1 saturated carbocycles. The van der Waals surface area contributed by atoms with Crippen molar-refractivity contribution in [1.29, 1.82) is 0 Å². The van der Waals surface area contributed by atoms with Crippen molar-refractivity contribution in [2.24, 2.45) is 12.8 Å². The van der Waals surface area contributed by atoms with Crippen LogP contribution in [0.25, 0.3) is 11.4 Å². The number of hydrogen-bond acceptors (Lipinski definition) is 2. The average molecular weight is 281 g/mol. The first-order valence-corrected chi connectivity index (χ1v) is 6.30. The fourth-order valence-corrected chi connectivity index (χ4v) is 2.25. The normalized spacial score (nSPS) is 17.2. The van der Waals surface area contributed by atoms with Crippen LogP contribution in [-0.2, 0) is 18.8 Å². The zero-order chi connectivity index (χ0) is 14.5. The largest absolute Gasteiger partial charge is 0.434 e. The molecule has 3 rings (SSSR count). The summed E-state index contributed by atoms with van der Waals surface area (Å²) in [5, 5.41) is 0. The van der Waals surface area contributed by atoms with Gasteiger partial charge >= 0.3 is 6.18 Å². The van der Waals surface area contributed by atoms with Crippen molar-refractivity contribution in [3.8, 4) is 11.4 Å². The minimum atomic E-state index is -4.43. The van der Waals surface area contributed by atoms with Crippen LogP contribution < -0.4 is 5.73 Å². The van der Waals surface area contributed by atoms with Gasteiger partial charge in [-0.05, 0) is 18.4 Å². The summed E-state index contributed by atoms with van der Waals surface area (Å²) < 4.78 is 39.3. The van der Waals surface area contributed by atoms with E-state index in [0.29, 0.717) is 11.4 Å². The highest BCUT2D eigenvalue weighted by molar-refractivity contribution is 5.57. The van der Waals surface area contributed by atoms with Gasteiger partial charge in [0.1, 0.15) is 5.82 Å². The molecule has 0 amide bonds. The summed E-state index contributed by atoms with van der Waals surface area (Å²) in [6, 6.07) is 7.27. The van der Waals surface area contributed by atoms with Gasteiger partial charge in [-0.3, -0.25) is 0 Å². The molecule has 0 spiro atoms. The number of halogens is 3. The molecule has 6 heteroatoms. The summed E-state index contributed by atoms with van der Waals surface area (Å²) in [5.74, 6) is 0.297. The van der Waals surface area contributed by atoms with Crippen LogP contribution in [0.5, 0.6) is 0 Å². The number of nitrogens with two attached hydrogens (primary N) is 1. The van der Waals surface area contributed by atoms with Gasteiger partial charge in [-0.2, -0.15) is 13.2 Å². The molecular weight excluding hydrogens is 267 g/mol. The highest BCUT2D eigenvalue weighted by Crippen LogP contribution is 2.43. The molecule has 0 aliphatic heterocycles. The number of aryl methyl sites for hydroxylation is 1. The number of benzene rings is 1. The van der Waals surface area contributed by atoms with Crippen molar-refractivity contribution < 1.29 is 13.2 Å². The summed E-state index contributed by atoms with van der Waals surface area (Å²) in [6.07, 6.45) is -1.53. The van der Waals surface area contributed by atoms with Crippen LogP contribution in [0, 0.1) is 0 Å². The number of imidazole rings is 1. The van der Waals surface area contributed by atoms with E-state index in [1.807, 2.05) is 12.1 Å². The van der Waals surface area contributed by atoms with E-state index in [4.69, 9.17) is 5.73 Å². The second-order valence-electron chi connectivity index (χ2n) is 5.29. The van der Waals surface area contributed by atoms with E-state index in [2.05, 4.69) is 4.98 Å². The molecule has 3 nitrogen and oxygen atoms in total. The molecule has 1 heterocycles. The summed E-state index contributed by atoms with van der Waals surface area (Å²) in [4.78, 5) is 3.67. The van der Waals surface area contributed by atoms with Crippen LogP contribution in [0.1, 0.15) is 24.1 Å². The van der Waals surface area contributed by atoms with E-state index in [-0.39, 0.29) is 5.54 Å². The van der Waals surface area contributed by atoms with Crippen LogP contribution in [-0.4, -0.2) is 9.55 Å². The van der Waals surface area contributed by atoms with Gasteiger partial charge in [-0.15, -0.1) is 0 Å². The molecule has 1 aromatic heterocycles. The Morgan fingerprint density at radius 3 is 2.25 bits per heavy atom. The van der Waals surface area contributed by atoms with Crippen molar-refractivity contribution in [2.75, 3.05) is 0 Å². The summed E-state index contributed by atoms with van der Waals surface area (Å²) >= 11 is 0. The Hall–Kier alpha value is -1.82. The van der Waals surface area contributed by atoms with Crippen LogP contribution in [0.2, 0.25) is 0 Å². The topological polar surface area (TPSA) is 43.8 Å². The maximum Gasteiger partial charge on any atom is 0.434 e. The van der Waals surface area contributed by atoms with E-state index >= 15 is 0 Å². The third-order valence-electron chi connectivity index (χ3n) is 3.67. The predicted octanol–water partition coefficient (Wildman–Crippen LogP) is 3.05. The minimum Gasteiger partial charge on any atom is -0.333 e. The molecule has 0 atom stereocenters. The summed E-state index contributed by atoms with van der Waals surface area (Å²) in [7, 11) is 1.55. The van der Waals surface area contributed by atoms with Crippen molar-refractivity contribution in [1.82, 2.24) is 9.55 Å². The molecule has 106 valence electrons. The van der Waals surface area contributed by atoms with Crippen molar-refractivity contribution in [2.45, 2.75) is 24.6 Å². The Balaban J connectivity index is 1.95. The van der Waals surface area contributed by atoms with E-state index < -0.39 is 11.9 Å². The molecule has 1 aromatic carbocycles. The number of aromatic nitrogens is 2. The Bertz CT molecular complexity index is 637. The standard InChI is InChI=1S/C14H14F3N3/c1-20-8-11(14(15,16)17)19-12(20)9-2-4-10(5-3-9)13(18)6-7-13/h2-5,8H,6-7,18H2,1H3. The third-order valence-corrected chi connectivity index (χ3v) is 3.67. The molecule has 2 aromatic rings. The van der Waals surface area contributed by atoms with E-state index in [0.717, 1.165) is 24.6 Å². The lowest BCUT2D eigenvalue weighted by atomic mass is 10.0. The molecule has 0 bridgehead atoms. The van der Waals surface area contributed by atoms with Gasteiger partial charge in [0, 0.05) is 24.3 Å². The number of nitrogens with zero attached hydrogens (tertiary/aromatic N) is 2. The first kappa shape index (κ1) is 13.2. The molecular formula is C14H14F3N3. The van der Waals surface area contributed by atoms with E-state index in [1.165, 1.54) is 4.57 Å². The molecule has 0 unspecified atom stereocenters. The van der Waals surface area contributed by atoms with Crippen molar-refractivity contribution >= 4 is 0 Å². The predicted molar refractivity (Wildman–Crippen MR) is 68.7 cm³/mol. The Morgan fingerprint density at radius 1 is 1.20 bits per heavy atom. The van der Waals surface area contributed by atoms with E-state index in [1.54, 1.807) is 19.2 Å². The third kappa shape index (κ3) is 2.20. The molecule has 0 saturated heterocycles. The van der Waals surface area contributed by atoms with Crippen molar-refractivity contribution in [3.05, 3.63) is 41.7 Å². The average Bonchev–Trinajstić information content (AvgIpc) is 2.99. The number of hydrogen-bond donors (Lipinski definition) is 1. The molecule has 1 aliphatic carbocycles. The molecule has 20 heavy (non-hydrogen) atoms. The summed E-state index contributed by atoms with van der Waals surface area (Å²) in [6.45, 7) is 0. The van der Waals surface area contributed by atoms with Gasteiger partial charge in [0.25, 0.3) is 0 Å². The second kappa shape index (κ2) is 4.09. The molecule has 2 N–H and O–H groups in total. The first-order chi connectivity index (χ1) is 9.29. The number of rotatable bonds is 2. The van der Waals surface area contributed by atoms with Crippen LogP contribution in [0.3, 0.4) is 0 Å². The van der Waals surface area contributed by atoms with Gasteiger partial charge < -0.3 is 10.3 Å². The lowest BCUT2D eigenvalue weighted by Gasteiger charge is -2.09. The quantitative estimate of drug-likeness (QED) is 0.919. The second-order valence-corrected chi connectivity index (χ2v) is 5.29. The van der Waals surface area contributed by atoms with Crippen LogP contribution >= 0.6 is 0 Å². The maximum atomic E-state index is 12.6. The Kier molecular flexibility index (Phi) is 2.69. The number of alkyl halides is 3. The molecule has 0 radical (unpaired) electrons. The van der Waals surface area contributed by atoms with Gasteiger partial charge in [-0.1, -0.05) is 24.3 Å². The van der Waals surface area contributed by atoms with Crippen LogP contribution in [0.15, 0.2) is 30.5 Å². The van der Waals surface area contributed by atoms with Gasteiger partial charge in [0.2, 0.25) is 0 Å². The van der Waals surface area contributed by atoms with Gasteiger partial charge in [0.15, 0.2) is 5.69 Å². The van der Waals surface area contributed by atoms with E-state index in [9.17, 15) is 13.2 Å². The van der Waals surface area contributed by atoms with Crippen LogP contribution in [0.4, 0.5) is 13.2 Å². The monoisotopic (exact) mass is 281 g/mol.